The third kappa shape index (κ3) is 5.87. The van der Waals surface area contributed by atoms with Gasteiger partial charge < -0.3 is 0 Å². The van der Waals surface area contributed by atoms with Crippen LogP contribution in [0.15, 0.2) is 0 Å². The molecule has 49 valence electrons. The predicted molar refractivity (Wildman–Crippen MR) is 27.2 cm³/mol. The quantitative estimate of drug-likeness (QED) is 0.574. The molecule has 0 unspecified atom stereocenters. The molecule has 0 aromatic carbocycles. The Balaban J connectivity index is 3.42. The van der Waals surface area contributed by atoms with Gasteiger partial charge in [0.15, 0.2) is 0 Å². The second kappa shape index (κ2) is 3.01. The summed E-state index contributed by atoms with van der Waals surface area (Å²) >= 11 is 0. The molecule has 0 saturated heterocycles. The molecule has 0 rings (SSSR count). The summed E-state index contributed by atoms with van der Waals surface area (Å²) in [6.45, 7) is 2.68. The van der Waals surface area contributed by atoms with Crippen LogP contribution >= 0.6 is 0 Å². The molecule has 0 atom stereocenters. The fraction of sp³-hybridized carbons (Fsp3) is 0.667. The Kier molecular flexibility index (Phi) is 2.96. The van der Waals surface area contributed by atoms with Gasteiger partial charge in [-0.15, -0.1) is 0 Å². The Labute approximate surface area is 48.4 Å². The molecule has 0 bridgehead atoms. The van der Waals surface area contributed by atoms with Crippen LogP contribution in [0, 0.1) is 6.61 Å². The van der Waals surface area contributed by atoms with Crippen molar-refractivity contribution in [3.63, 3.8) is 0 Å². The maximum Gasteiger partial charge on any atom is 0.397 e. The van der Waals surface area contributed by atoms with Crippen LogP contribution in [0.1, 0.15) is 13.3 Å². The van der Waals surface area contributed by atoms with E-state index >= 15 is 0 Å². The van der Waals surface area contributed by atoms with Crippen LogP contribution in [0.4, 0.5) is 0 Å². The summed E-state index contributed by atoms with van der Waals surface area (Å²) in [6.07, 6.45) is 0.444. The fourth-order valence-electron chi connectivity index (χ4n) is 0.154. The summed E-state index contributed by atoms with van der Waals surface area (Å²) in [5.41, 5.74) is 0. The van der Waals surface area contributed by atoms with Crippen LogP contribution < -0.4 is 0 Å². The Morgan fingerprint density at radius 1 is 1.75 bits per heavy atom. The van der Waals surface area contributed by atoms with E-state index in [0.29, 0.717) is 6.42 Å². The van der Waals surface area contributed by atoms with Gasteiger partial charge in [0, 0.05) is 0 Å². The van der Waals surface area contributed by atoms with Crippen LogP contribution in [-0.2, 0) is 14.6 Å². The Morgan fingerprint density at radius 3 is 2.38 bits per heavy atom. The topological polar surface area (TPSA) is 63.6 Å². The van der Waals surface area contributed by atoms with Crippen molar-refractivity contribution in [3.8, 4) is 0 Å². The lowest BCUT2D eigenvalue weighted by Gasteiger charge is -1.91. The molecule has 0 spiro atoms. The molecule has 5 heteroatoms. The molecule has 0 fully saturated rings. The van der Waals surface area contributed by atoms with Crippen molar-refractivity contribution >= 4 is 10.4 Å². The lowest BCUT2D eigenvalue weighted by Crippen LogP contribution is -1.99. The highest BCUT2D eigenvalue weighted by atomic mass is 32.3. The molecule has 0 heterocycles. The largest absolute Gasteiger partial charge is 0.397 e. The highest BCUT2D eigenvalue weighted by Crippen LogP contribution is 1.92. The van der Waals surface area contributed by atoms with Crippen molar-refractivity contribution in [2.75, 3.05) is 0 Å². The van der Waals surface area contributed by atoms with Gasteiger partial charge in [0.05, 0.1) is 0 Å². The molecular formula is C3H7O4S. The highest BCUT2D eigenvalue weighted by molar-refractivity contribution is 7.80. The zero-order chi connectivity index (χ0) is 6.62. The van der Waals surface area contributed by atoms with Crippen LogP contribution in [0.25, 0.3) is 0 Å². The molecule has 1 N–H and O–H groups in total. The van der Waals surface area contributed by atoms with Gasteiger partial charge in [-0.25, -0.2) is 4.18 Å². The van der Waals surface area contributed by atoms with Crippen LogP contribution in [0.5, 0.6) is 0 Å². The summed E-state index contributed by atoms with van der Waals surface area (Å²) in [6, 6.07) is 0. The van der Waals surface area contributed by atoms with Gasteiger partial charge in [-0.2, -0.15) is 8.42 Å². The molecule has 0 saturated carbocycles. The van der Waals surface area contributed by atoms with E-state index in [2.05, 4.69) is 4.18 Å². The summed E-state index contributed by atoms with van der Waals surface area (Å²) in [7, 11) is -4.24. The van der Waals surface area contributed by atoms with E-state index in [-0.39, 0.29) is 0 Å². The molecule has 0 aliphatic heterocycles. The third-order valence-corrected chi connectivity index (χ3v) is 0.736. The first-order chi connectivity index (χ1) is 3.56. The summed E-state index contributed by atoms with van der Waals surface area (Å²) in [5, 5.41) is 0. The molecule has 8 heavy (non-hydrogen) atoms. The molecule has 4 nitrogen and oxygen atoms in total. The third-order valence-electron chi connectivity index (χ3n) is 0.356. The summed E-state index contributed by atoms with van der Waals surface area (Å²) in [4.78, 5) is 0. The van der Waals surface area contributed by atoms with Crippen LogP contribution in [-0.4, -0.2) is 13.0 Å². The Hall–Kier alpha value is -0.130. The van der Waals surface area contributed by atoms with Gasteiger partial charge in [-0.3, -0.25) is 4.55 Å². The van der Waals surface area contributed by atoms with Crippen LogP contribution in [0.3, 0.4) is 0 Å². The SMILES string of the molecule is CC[CH]OS(=O)(=O)O. The normalized spacial score (nSPS) is 11.8. The van der Waals surface area contributed by atoms with E-state index in [1.165, 1.54) is 0 Å². The van der Waals surface area contributed by atoms with E-state index in [4.69, 9.17) is 4.55 Å². The minimum atomic E-state index is -4.24. The van der Waals surface area contributed by atoms with Crippen LogP contribution in [0.2, 0.25) is 0 Å². The predicted octanol–water partition coefficient (Wildman–Crippen LogP) is 0.378. The Morgan fingerprint density at radius 2 is 2.25 bits per heavy atom. The lowest BCUT2D eigenvalue weighted by molar-refractivity contribution is 0.318. The van der Waals surface area contributed by atoms with Crippen molar-refractivity contribution in [1.82, 2.24) is 0 Å². The maximum absolute atomic E-state index is 9.69. The number of hydrogen-bond acceptors (Lipinski definition) is 3. The van der Waals surface area contributed by atoms with Crippen molar-refractivity contribution in [2.24, 2.45) is 0 Å². The van der Waals surface area contributed by atoms with Gasteiger partial charge in [0.1, 0.15) is 6.61 Å². The standard InChI is InChI=1S/C3H7O4S/c1-2-3-7-8(4,5)6/h3H,2H2,1H3,(H,4,5,6). The second-order valence-corrected chi connectivity index (χ2v) is 2.15. The van der Waals surface area contributed by atoms with Gasteiger partial charge in [0.25, 0.3) is 0 Å². The first kappa shape index (κ1) is 7.87. The van der Waals surface area contributed by atoms with Gasteiger partial charge in [-0.1, -0.05) is 6.92 Å². The average molecular weight is 139 g/mol. The van der Waals surface area contributed by atoms with E-state index < -0.39 is 10.4 Å². The number of rotatable bonds is 3. The average Bonchev–Trinajstić information content (AvgIpc) is 1.59. The highest BCUT2D eigenvalue weighted by Gasteiger charge is 2.00. The molecule has 0 aliphatic rings. The molecule has 0 aromatic rings. The van der Waals surface area contributed by atoms with Gasteiger partial charge in [0.2, 0.25) is 0 Å². The monoisotopic (exact) mass is 139 g/mol. The van der Waals surface area contributed by atoms with Crippen molar-refractivity contribution < 1.29 is 17.2 Å². The molecular weight excluding hydrogens is 132 g/mol. The zero-order valence-electron chi connectivity index (χ0n) is 4.36. The molecule has 1 radical (unpaired) electrons. The Bertz CT molecular complexity index is 135. The van der Waals surface area contributed by atoms with E-state index in [0.717, 1.165) is 6.61 Å². The molecule has 0 aromatic heterocycles. The first-order valence-corrected chi connectivity index (χ1v) is 3.40. The van der Waals surface area contributed by atoms with Gasteiger partial charge in [-0.05, 0) is 6.42 Å². The second-order valence-electron chi connectivity index (χ2n) is 1.10. The smallest absolute Gasteiger partial charge is 0.264 e. The minimum absolute atomic E-state index is 0.444. The van der Waals surface area contributed by atoms with Gasteiger partial charge >= 0.3 is 10.4 Å². The molecule has 0 aliphatic carbocycles. The summed E-state index contributed by atoms with van der Waals surface area (Å²) < 4.78 is 31.0. The molecule has 0 amide bonds. The lowest BCUT2D eigenvalue weighted by atomic mass is 10.5. The maximum atomic E-state index is 9.69. The van der Waals surface area contributed by atoms with Crippen molar-refractivity contribution in [1.29, 1.82) is 0 Å². The fourth-order valence-corrected chi connectivity index (χ4v) is 0.462. The van der Waals surface area contributed by atoms with E-state index in [1.807, 2.05) is 0 Å². The summed E-state index contributed by atoms with van der Waals surface area (Å²) in [5.74, 6) is 0. The first-order valence-electron chi connectivity index (χ1n) is 2.03. The zero-order valence-corrected chi connectivity index (χ0v) is 5.18. The van der Waals surface area contributed by atoms with E-state index in [9.17, 15) is 8.42 Å². The van der Waals surface area contributed by atoms with E-state index in [1.54, 1.807) is 6.92 Å². The minimum Gasteiger partial charge on any atom is -0.264 e. The van der Waals surface area contributed by atoms with Crippen molar-refractivity contribution in [2.45, 2.75) is 13.3 Å². The van der Waals surface area contributed by atoms with Crippen molar-refractivity contribution in [3.05, 3.63) is 6.61 Å². The number of hydrogen-bond donors (Lipinski definition) is 1.